The maximum Gasteiger partial charge on any atom is 2.00 e. The molecule has 0 aliphatic carbocycles. The van der Waals surface area contributed by atoms with Crippen molar-refractivity contribution in [3.05, 3.63) is 59.9 Å². The second kappa shape index (κ2) is 8.88. The van der Waals surface area contributed by atoms with Crippen molar-refractivity contribution >= 4 is 15.8 Å². The van der Waals surface area contributed by atoms with Crippen LogP contribution in [0.2, 0.25) is 0 Å². The standard InChI is InChI=1S/C13H11N.CH4O3S.Pd/c1-14-13-10-6-5-9-12(13)11-7-3-2-4-8-11;1-5(2,3)4;/h2-7,9-10H,1H3;1H3,(H,2,3,4);/q-2;;+2. The number of benzene rings is 2. The summed E-state index contributed by atoms with van der Waals surface area (Å²) in [6.07, 6.45) is 0.715. The Morgan fingerprint density at radius 2 is 1.65 bits per heavy atom. The Labute approximate surface area is 133 Å². The maximum atomic E-state index is 9.19. The first-order valence-corrected chi connectivity index (χ1v) is 7.35. The van der Waals surface area contributed by atoms with Crippen LogP contribution in [0.15, 0.2) is 48.5 Å². The van der Waals surface area contributed by atoms with Gasteiger partial charge >= 0.3 is 20.4 Å². The molecular formula is C14H15NO3PdS. The Bertz CT molecular complexity index is 607. The van der Waals surface area contributed by atoms with Gasteiger partial charge in [0.05, 0.1) is 6.26 Å². The zero-order chi connectivity index (χ0) is 14.3. The van der Waals surface area contributed by atoms with Gasteiger partial charge in [-0.3, -0.25) is 4.55 Å². The molecule has 0 saturated heterocycles. The van der Waals surface area contributed by atoms with Crippen LogP contribution in [0.1, 0.15) is 0 Å². The van der Waals surface area contributed by atoms with Crippen molar-refractivity contribution in [2.24, 2.45) is 0 Å². The Hall–Kier alpha value is -1.19. The molecule has 110 valence electrons. The SMILES string of the molecule is CS(=O)(=O)O.C[N-]c1ccccc1-c1[c-]cccc1.[Pd+2]. The molecule has 0 atom stereocenters. The summed E-state index contributed by atoms with van der Waals surface area (Å²) >= 11 is 0. The third kappa shape index (κ3) is 7.41. The van der Waals surface area contributed by atoms with E-state index in [1.54, 1.807) is 0 Å². The summed E-state index contributed by atoms with van der Waals surface area (Å²) in [5.74, 6) is 0. The second-order valence-corrected chi connectivity index (χ2v) is 5.22. The number of rotatable bonds is 2. The number of para-hydroxylation sites is 1. The van der Waals surface area contributed by atoms with Crippen LogP contribution in [0.3, 0.4) is 0 Å². The first kappa shape index (κ1) is 18.8. The molecule has 6 heteroatoms. The predicted molar refractivity (Wildman–Crippen MR) is 77.1 cm³/mol. The van der Waals surface area contributed by atoms with Crippen LogP contribution in [-0.4, -0.2) is 26.3 Å². The minimum absolute atomic E-state index is 0. The van der Waals surface area contributed by atoms with E-state index in [1.165, 1.54) is 0 Å². The quantitative estimate of drug-likeness (QED) is 0.491. The van der Waals surface area contributed by atoms with Crippen LogP contribution in [0.4, 0.5) is 5.69 Å². The Balaban J connectivity index is 0.000000526. The Morgan fingerprint density at radius 3 is 2.15 bits per heavy atom. The van der Waals surface area contributed by atoms with Crippen molar-refractivity contribution in [3.8, 4) is 11.1 Å². The average molecular weight is 384 g/mol. The van der Waals surface area contributed by atoms with E-state index in [0.717, 1.165) is 16.8 Å². The summed E-state index contributed by atoms with van der Waals surface area (Å²) in [5.41, 5.74) is 3.24. The summed E-state index contributed by atoms with van der Waals surface area (Å²) < 4.78 is 25.9. The van der Waals surface area contributed by atoms with E-state index in [2.05, 4.69) is 17.4 Å². The molecular weight excluding hydrogens is 369 g/mol. The molecule has 0 radical (unpaired) electrons. The molecule has 0 saturated carbocycles. The normalized spacial score (nSPS) is 9.75. The molecule has 20 heavy (non-hydrogen) atoms. The van der Waals surface area contributed by atoms with Gasteiger partial charge in [0.1, 0.15) is 0 Å². The second-order valence-electron chi connectivity index (χ2n) is 3.75. The number of nitrogens with zero attached hydrogens (tertiary/aromatic N) is 1. The molecule has 0 amide bonds. The first-order chi connectivity index (χ1) is 8.92. The van der Waals surface area contributed by atoms with E-state index in [4.69, 9.17) is 4.55 Å². The average Bonchev–Trinajstić information content (AvgIpc) is 2.38. The zero-order valence-corrected chi connectivity index (χ0v) is 13.4. The first-order valence-electron chi connectivity index (χ1n) is 5.50. The third-order valence-corrected chi connectivity index (χ3v) is 2.14. The van der Waals surface area contributed by atoms with Gasteiger partial charge in [0.15, 0.2) is 0 Å². The van der Waals surface area contributed by atoms with Gasteiger partial charge < -0.3 is 5.32 Å². The van der Waals surface area contributed by atoms with Crippen LogP contribution >= 0.6 is 0 Å². The molecule has 2 aromatic carbocycles. The van der Waals surface area contributed by atoms with Crippen LogP contribution in [0.25, 0.3) is 16.4 Å². The van der Waals surface area contributed by atoms with Crippen molar-refractivity contribution in [1.29, 1.82) is 0 Å². The van der Waals surface area contributed by atoms with E-state index in [9.17, 15) is 8.42 Å². The van der Waals surface area contributed by atoms with Gasteiger partial charge in [-0.15, -0.1) is 48.5 Å². The molecule has 0 aliphatic heterocycles. The predicted octanol–water partition coefficient (Wildman–Crippen LogP) is 3.29. The van der Waals surface area contributed by atoms with E-state index < -0.39 is 10.1 Å². The fourth-order valence-corrected chi connectivity index (χ4v) is 1.46. The van der Waals surface area contributed by atoms with Gasteiger partial charge in [0.2, 0.25) is 0 Å². The zero-order valence-electron chi connectivity index (χ0n) is 11.1. The molecule has 0 bridgehead atoms. The van der Waals surface area contributed by atoms with Gasteiger partial charge in [0.25, 0.3) is 10.1 Å². The molecule has 0 aliphatic rings. The van der Waals surface area contributed by atoms with Crippen molar-refractivity contribution < 1.29 is 33.4 Å². The van der Waals surface area contributed by atoms with Gasteiger partial charge in [-0.25, -0.2) is 0 Å². The summed E-state index contributed by atoms with van der Waals surface area (Å²) in [7, 11) is -1.86. The van der Waals surface area contributed by atoms with E-state index >= 15 is 0 Å². The van der Waals surface area contributed by atoms with Crippen LogP contribution in [0.5, 0.6) is 0 Å². The number of hydrogen-bond donors (Lipinski definition) is 1. The topological polar surface area (TPSA) is 68.5 Å². The molecule has 0 heterocycles. The number of hydrogen-bond acceptors (Lipinski definition) is 2. The summed E-state index contributed by atoms with van der Waals surface area (Å²) in [4.78, 5) is 0. The van der Waals surface area contributed by atoms with Crippen molar-refractivity contribution in [1.82, 2.24) is 0 Å². The fourth-order valence-electron chi connectivity index (χ4n) is 1.46. The molecule has 4 nitrogen and oxygen atoms in total. The van der Waals surface area contributed by atoms with Gasteiger partial charge in [-0.05, 0) is 0 Å². The molecule has 2 aromatic rings. The van der Waals surface area contributed by atoms with Crippen molar-refractivity contribution in [2.75, 3.05) is 13.3 Å². The van der Waals surface area contributed by atoms with E-state index in [0.29, 0.717) is 6.26 Å². The maximum absolute atomic E-state index is 9.19. The summed E-state index contributed by atoms with van der Waals surface area (Å²) in [6, 6.07) is 19.2. The Morgan fingerprint density at radius 1 is 1.10 bits per heavy atom. The fraction of sp³-hybridized carbons (Fsp3) is 0.143. The molecule has 0 unspecified atom stereocenters. The Kier molecular flexibility index (Phi) is 8.35. The minimum Gasteiger partial charge on any atom is -0.694 e. The van der Waals surface area contributed by atoms with Crippen molar-refractivity contribution in [2.45, 2.75) is 0 Å². The molecule has 0 fully saturated rings. The van der Waals surface area contributed by atoms with E-state index in [1.807, 2.05) is 49.5 Å². The molecule has 1 N–H and O–H groups in total. The monoisotopic (exact) mass is 383 g/mol. The van der Waals surface area contributed by atoms with E-state index in [-0.39, 0.29) is 20.4 Å². The van der Waals surface area contributed by atoms with Crippen molar-refractivity contribution in [3.63, 3.8) is 0 Å². The minimum atomic E-state index is -3.67. The molecule has 0 aromatic heterocycles. The van der Waals surface area contributed by atoms with Gasteiger partial charge in [0, 0.05) is 0 Å². The van der Waals surface area contributed by atoms with Gasteiger partial charge in [-0.1, -0.05) is 24.3 Å². The summed E-state index contributed by atoms with van der Waals surface area (Å²) in [5, 5.41) is 4.23. The van der Waals surface area contributed by atoms with Crippen LogP contribution < -0.4 is 0 Å². The largest absolute Gasteiger partial charge is 2.00 e. The molecule has 0 spiro atoms. The molecule has 2 rings (SSSR count). The van der Waals surface area contributed by atoms with Gasteiger partial charge in [-0.2, -0.15) is 14.1 Å². The third-order valence-electron chi connectivity index (χ3n) is 2.14. The van der Waals surface area contributed by atoms with Crippen LogP contribution in [-0.2, 0) is 30.5 Å². The summed E-state index contributed by atoms with van der Waals surface area (Å²) in [6.45, 7) is 0. The van der Waals surface area contributed by atoms with Crippen LogP contribution in [0, 0.1) is 6.07 Å². The smallest absolute Gasteiger partial charge is 0.694 e.